The summed E-state index contributed by atoms with van der Waals surface area (Å²) < 4.78 is 16.9. The van der Waals surface area contributed by atoms with Gasteiger partial charge in [-0.25, -0.2) is 0 Å². The van der Waals surface area contributed by atoms with Crippen LogP contribution in [-0.4, -0.2) is 25.7 Å². The van der Waals surface area contributed by atoms with Crippen LogP contribution in [-0.2, 0) is 0 Å². The number of hydrogen-bond donors (Lipinski definition) is 1. The molecule has 1 aliphatic rings. The molecule has 0 aliphatic carbocycles. The van der Waals surface area contributed by atoms with E-state index in [0.717, 1.165) is 27.8 Å². The molecule has 5 nitrogen and oxygen atoms in total. The Morgan fingerprint density at radius 2 is 1.76 bits per heavy atom. The maximum absolute atomic E-state index is 13.2. The van der Waals surface area contributed by atoms with Crippen LogP contribution < -0.4 is 19.5 Å². The first-order valence-electron chi connectivity index (χ1n) is 9.65. The number of nitrogens with one attached hydrogen (secondary N) is 1. The minimum absolute atomic E-state index is 0.169. The molecule has 1 atom stereocenters. The highest BCUT2D eigenvalue weighted by Gasteiger charge is 2.35. The van der Waals surface area contributed by atoms with Crippen molar-refractivity contribution in [1.29, 1.82) is 0 Å². The fourth-order valence-corrected chi connectivity index (χ4v) is 3.89. The number of ether oxygens (including phenoxy) is 3. The van der Waals surface area contributed by atoms with Crippen molar-refractivity contribution in [3.8, 4) is 17.2 Å². The first kappa shape index (κ1) is 19.1. The standard InChI is InChI=1S/C24H25NO4/c1-24(2)14-20(18-10-9-17(27-3)13-22(18)29-24)25-23(26)19-11-15-7-5-6-8-16(15)12-21(19)28-4/h5-13,20H,14H2,1-4H3,(H,25,26)/t20-/m1/s1. The molecule has 1 heterocycles. The smallest absolute Gasteiger partial charge is 0.255 e. The Kier molecular flexibility index (Phi) is 4.82. The van der Waals surface area contributed by atoms with Gasteiger partial charge in [-0.15, -0.1) is 0 Å². The van der Waals surface area contributed by atoms with Crippen molar-refractivity contribution < 1.29 is 19.0 Å². The molecular formula is C24H25NO4. The third kappa shape index (κ3) is 3.73. The van der Waals surface area contributed by atoms with E-state index in [9.17, 15) is 4.79 Å². The van der Waals surface area contributed by atoms with Crippen molar-refractivity contribution in [3.63, 3.8) is 0 Å². The quantitative estimate of drug-likeness (QED) is 0.688. The summed E-state index contributed by atoms with van der Waals surface area (Å²) in [5, 5.41) is 5.21. The summed E-state index contributed by atoms with van der Waals surface area (Å²) in [5.74, 6) is 1.85. The fraction of sp³-hybridized carbons (Fsp3) is 0.292. The normalized spacial score (nSPS) is 17.2. The van der Waals surface area contributed by atoms with Crippen molar-refractivity contribution in [2.75, 3.05) is 14.2 Å². The molecule has 4 rings (SSSR count). The number of benzene rings is 3. The molecule has 0 radical (unpaired) electrons. The number of amides is 1. The fourth-order valence-electron chi connectivity index (χ4n) is 3.89. The van der Waals surface area contributed by atoms with Gasteiger partial charge >= 0.3 is 0 Å². The molecule has 0 spiro atoms. The van der Waals surface area contributed by atoms with E-state index in [1.165, 1.54) is 0 Å². The molecule has 0 saturated heterocycles. The summed E-state index contributed by atoms with van der Waals surface area (Å²) in [4.78, 5) is 13.2. The average Bonchev–Trinajstić information content (AvgIpc) is 2.71. The molecule has 1 amide bonds. The number of fused-ring (bicyclic) bond motifs is 2. The lowest BCUT2D eigenvalue weighted by atomic mass is 9.89. The lowest BCUT2D eigenvalue weighted by molar-refractivity contribution is 0.0616. The van der Waals surface area contributed by atoms with Gasteiger partial charge in [-0.3, -0.25) is 4.79 Å². The Balaban J connectivity index is 1.69. The number of methoxy groups -OCH3 is 2. The van der Waals surface area contributed by atoms with Crippen LogP contribution >= 0.6 is 0 Å². The lowest BCUT2D eigenvalue weighted by Gasteiger charge is -2.38. The summed E-state index contributed by atoms with van der Waals surface area (Å²) in [6, 6.07) is 17.2. The molecule has 29 heavy (non-hydrogen) atoms. The van der Waals surface area contributed by atoms with E-state index in [-0.39, 0.29) is 11.9 Å². The van der Waals surface area contributed by atoms with Crippen LogP contribution in [0.15, 0.2) is 54.6 Å². The molecule has 3 aromatic carbocycles. The third-order valence-corrected chi connectivity index (χ3v) is 5.30. The largest absolute Gasteiger partial charge is 0.497 e. The third-order valence-electron chi connectivity index (χ3n) is 5.30. The number of rotatable bonds is 4. The van der Waals surface area contributed by atoms with E-state index in [2.05, 4.69) is 5.32 Å². The van der Waals surface area contributed by atoms with Crippen molar-refractivity contribution in [1.82, 2.24) is 5.32 Å². The Morgan fingerprint density at radius 3 is 2.45 bits per heavy atom. The molecule has 1 aliphatic heterocycles. The first-order chi connectivity index (χ1) is 13.9. The average molecular weight is 391 g/mol. The molecule has 5 heteroatoms. The highest BCUT2D eigenvalue weighted by atomic mass is 16.5. The Morgan fingerprint density at radius 1 is 1.03 bits per heavy atom. The topological polar surface area (TPSA) is 56.8 Å². The highest BCUT2D eigenvalue weighted by Crippen LogP contribution is 2.41. The van der Waals surface area contributed by atoms with Crippen LogP contribution in [0.2, 0.25) is 0 Å². The predicted molar refractivity (Wildman–Crippen MR) is 113 cm³/mol. The van der Waals surface area contributed by atoms with Gasteiger partial charge in [0.1, 0.15) is 22.8 Å². The zero-order valence-electron chi connectivity index (χ0n) is 17.1. The van der Waals surface area contributed by atoms with Crippen LogP contribution in [0.25, 0.3) is 10.8 Å². The summed E-state index contributed by atoms with van der Waals surface area (Å²) in [5.41, 5.74) is 1.05. The Hall–Kier alpha value is -3.21. The van der Waals surface area contributed by atoms with E-state index < -0.39 is 5.60 Å². The lowest BCUT2D eigenvalue weighted by Crippen LogP contribution is -2.41. The number of carbonyl (C=O) groups is 1. The van der Waals surface area contributed by atoms with Crippen LogP contribution in [0.5, 0.6) is 17.2 Å². The van der Waals surface area contributed by atoms with Crippen LogP contribution in [0.1, 0.15) is 42.2 Å². The summed E-state index contributed by atoms with van der Waals surface area (Å²) in [6.07, 6.45) is 0.661. The maximum Gasteiger partial charge on any atom is 0.255 e. The second kappa shape index (κ2) is 7.32. The maximum atomic E-state index is 13.2. The van der Waals surface area contributed by atoms with Gasteiger partial charge in [0, 0.05) is 18.1 Å². The SMILES string of the molecule is COc1ccc2c(c1)OC(C)(C)C[C@H]2NC(=O)c1cc2ccccc2cc1OC. The second-order valence-corrected chi connectivity index (χ2v) is 7.90. The van der Waals surface area contributed by atoms with Gasteiger partial charge in [-0.05, 0) is 48.9 Å². The van der Waals surface area contributed by atoms with Gasteiger partial charge < -0.3 is 19.5 Å². The minimum Gasteiger partial charge on any atom is -0.497 e. The second-order valence-electron chi connectivity index (χ2n) is 7.90. The van der Waals surface area contributed by atoms with E-state index in [1.54, 1.807) is 14.2 Å². The van der Waals surface area contributed by atoms with E-state index in [4.69, 9.17) is 14.2 Å². The van der Waals surface area contributed by atoms with Crippen LogP contribution in [0.3, 0.4) is 0 Å². The van der Waals surface area contributed by atoms with Gasteiger partial charge in [0.25, 0.3) is 5.91 Å². The van der Waals surface area contributed by atoms with Gasteiger partial charge in [0.15, 0.2) is 0 Å². The number of hydrogen-bond acceptors (Lipinski definition) is 4. The van der Waals surface area contributed by atoms with Gasteiger partial charge in [0.05, 0.1) is 25.8 Å². The Bertz CT molecular complexity index is 1070. The molecule has 150 valence electrons. The molecule has 0 fully saturated rings. The summed E-state index contributed by atoms with van der Waals surface area (Å²) in [7, 11) is 3.21. The van der Waals surface area contributed by atoms with Crippen molar-refractivity contribution in [2.24, 2.45) is 0 Å². The molecule has 3 aromatic rings. The van der Waals surface area contributed by atoms with Crippen molar-refractivity contribution in [2.45, 2.75) is 31.9 Å². The van der Waals surface area contributed by atoms with Crippen LogP contribution in [0.4, 0.5) is 0 Å². The van der Waals surface area contributed by atoms with Crippen LogP contribution in [0, 0.1) is 0 Å². The molecule has 0 bridgehead atoms. The molecule has 0 unspecified atom stereocenters. The highest BCUT2D eigenvalue weighted by molar-refractivity contribution is 6.01. The minimum atomic E-state index is -0.412. The first-order valence-corrected chi connectivity index (χ1v) is 9.65. The molecule has 0 saturated carbocycles. The Labute approximate surface area is 170 Å². The van der Waals surface area contributed by atoms with E-state index in [1.807, 2.05) is 68.4 Å². The summed E-state index contributed by atoms with van der Waals surface area (Å²) in [6.45, 7) is 4.04. The van der Waals surface area contributed by atoms with Crippen molar-refractivity contribution in [3.05, 3.63) is 65.7 Å². The van der Waals surface area contributed by atoms with Gasteiger partial charge in [-0.2, -0.15) is 0 Å². The monoisotopic (exact) mass is 391 g/mol. The molecule has 0 aromatic heterocycles. The van der Waals surface area contributed by atoms with Crippen molar-refractivity contribution >= 4 is 16.7 Å². The van der Waals surface area contributed by atoms with E-state index >= 15 is 0 Å². The molecule has 1 N–H and O–H groups in total. The predicted octanol–water partition coefficient (Wildman–Crippen LogP) is 4.89. The zero-order chi connectivity index (χ0) is 20.6. The molecular weight excluding hydrogens is 366 g/mol. The number of carbonyl (C=O) groups excluding carboxylic acids is 1. The zero-order valence-corrected chi connectivity index (χ0v) is 17.1. The summed E-state index contributed by atoms with van der Waals surface area (Å²) >= 11 is 0. The van der Waals surface area contributed by atoms with Gasteiger partial charge in [-0.1, -0.05) is 24.3 Å². The van der Waals surface area contributed by atoms with Gasteiger partial charge in [0.2, 0.25) is 0 Å². The van der Waals surface area contributed by atoms with E-state index in [0.29, 0.717) is 17.7 Å².